The van der Waals surface area contributed by atoms with Gasteiger partial charge < -0.3 is 9.88 Å². The third kappa shape index (κ3) is 4.23. The fourth-order valence-electron chi connectivity index (χ4n) is 2.18. The number of carbonyl (C=O) groups excluding carboxylic acids is 1. The molecular weight excluding hydrogens is 320 g/mol. The number of hydrogen-bond acceptors (Lipinski definition) is 4. The third-order valence-electron chi connectivity index (χ3n) is 3.56. The van der Waals surface area contributed by atoms with Gasteiger partial charge in [-0.05, 0) is 35.4 Å². The van der Waals surface area contributed by atoms with Crippen molar-refractivity contribution in [2.24, 2.45) is 7.05 Å². The molecule has 0 fully saturated rings. The number of carbonyl (C=O) groups is 1. The van der Waals surface area contributed by atoms with E-state index in [1.807, 2.05) is 54.2 Å². The molecule has 0 spiro atoms. The van der Waals surface area contributed by atoms with Crippen LogP contribution in [0, 0.1) is 0 Å². The van der Waals surface area contributed by atoms with Gasteiger partial charge in [-0.1, -0.05) is 23.9 Å². The van der Waals surface area contributed by atoms with Gasteiger partial charge in [0.25, 0.3) is 5.91 Å². The van der Waals surface area contributed by atoms with Crippen LogP contribution in [0.25, 0.3) is 0 Å². The molecule has 2 heterocycles. The molecule has 1 N–H and O–H groups in total. The van der Waals surface area contributed by atoms with Crippen molar-refractivity contribution in [1.82, 2.24) is 19.9 Å². The average Bonchev–Trinajstić information content (AvgIpc) is 3.04. The van der Waals surface area contributed by atoms with E-state index in [1.165, 1.54) is 0 Å². The van der Waals surface area contributed by atoms with Crippen LogP contribution in [-0.4, -0.2) is 20.4 Å². The van der Waals surface area contributed by atoms with Crippen molar-refractivity contribution in [3.8, 4) is 0 Å². The van der Waals surface area contributed by atoms with Crippen LogP contribution in [0.4, 0.5) is 0 Å². The Labute approximate surface area is 145 Å². The minimum Gasteiger partial charge on any atom is -0.348 e. The highest BCUT2D eigenvalue weighted by molar-refractivity contribution is 7.98. The maximum Gasteiger partial charge on any atom is 0.251 e. The zero-order chi connectivity index (χ0) is 16.8. The first-order valence-corrected chi connectivity index (χ1v) is 8.57. The Morgan fingerprint density at radius 2 is 1.83 bits per heavy atom. The van der Waals surface area contributed by atoms with Crippen molar-refractivity contribution in [3.63, 3.8) is 0 Å². The van der Waals surface area contributed by atoms with Gasteiger partial charge in [-0.25, -0.2) is 4.98 Å². The quantitative estimate of drug-likeness (QED) is 0.702. The van der Waals surface area contributed by atoms with E-state index in [4.69, 9.17) is 0 Å². The fourth-order valence-corrected chi connectivity index (χ4v) is 3.06. The summed E-state index contributed by atoms with van der Waals surface area (Å²) in [5.41, 5.74) is 2.85. The van der Waals surface area contributed by atoms with E-state index in [-0.39, 0.29) is 5.91 Å². The lowest BCUT2D eigenvalue weighted by atomic mass is 10.1. The lowest BCUT2D eigenvalue weighted by Gasteiger charge is -2.06. The number of aromatic nitrogens is 3. The van der Waals surface area contributed by atoms with Gasteiger partial charge in [0.1, 0.15) is 0 Å². The summed E-state index contributed by atoms with van der Waals surface area (Å²) in [7, 11) is 1.98. The first-order chi connectivity index (χ1) is 11.7. The minimum absolute atomic E-state index is 0.0740. The van der Waals surface area contributed by atoms with Crippen LogP contribution in [-0.2, 0) is 19.3 Å². The molecule has 6 heteroatoms. The summed E-state index contributed by atoms with van der Waals surface area (Å²) in [5.74, 6) is 0.749. The summed E-state index contributed by atoms with van der Waals surface area (Å²) >= 11 is 1.67. The van der Waals surface area contributed by atoms with Crippen molar-refractivity contribution in [3.05, 3.63) is 77.9 Å². The van der Waals surface area contributed by atoms with Gasteiger partial charge in [0.15, 0.2) is 5.16 Å². The summed E-state index contributed by atoms with van der Waals surface area (Å²) in [6.07, 6.45) is 7.15. The van der Waals surface area contributed by atoms with Gasteiger partial charge in [0, 0.05) is 49.7 Å². The molecule has 0 aliphatic heterocycles. The molecule has 0 atom stereocenters. The topological polar surface area (TPSA) is 59.8 Å². The molecule has 0 bridgehead atoms. The van der Waals surface area contributed by atoms with Gasteiger partial charge in [-0.3, -0.25) is 9.78 Å². The summed E-state index contributed by atoms with van der Waals surface area (Å²) < 4.78 is 1.99. The van der Waals surface area contributed by atoms with E-state index in [0.717, 1.165) is 22.0 Å². The molecule has 122 valence electrons. The molecule has 2 aromatic heterocycles. The number of rotatable bonds is 6. The van der Waals surface area contributed by atoms with Crippen LogP contribution in [0.3, 0.4) is 0 Å². The maximum absolute atomic E-state index is 12.2. The Morgan fingerprint density at radius 1 is 1.08 bits per heavy atom. The number of nitrogens with one attached hydrogen (secondary N) is 1. The second-order valence-corrected chi connectivity index (χ2v) is 6.29. The molecule has 0 aliphatic carbocycles. The van der Waals surface area contributed by atoms with Crippen LogP contribution in [0.2, 0.25) is 0 Å². The molecule has 3 aromatic rings. The molecule has 0 saturated carbocycles. The molecule has 0 unspecified atom stereocenters. The SMILES string of the molecule is Cn1ccnc1SCc1ccc(C(=O)NCc2ccncc2)cc1. The molecule has 0 aliphatic rings. The summed E-state index contributed by atoms with van der Waals surface area (Å²) in [6, 6.07) is 11.5. The van der Waals surface area contributed by atoms with Gasteiger partial charge in [-0.2, -0.15) is 0 Å². The average molecular weight is 338 g/mol. The van der Waals surface area contributed by atoms with Crippen LogP contribution in [0.15, 0.2) is 66.3 Å². The maximum atomic E-state index is 12.2. The molecule has 5 nitrogen and oxygen atoms in total. The smallest absolute Gasteiger partial charge is 0.251 e. The van der Waals surface area contributed by atoms with Crippen LogP contribution < -0.4 is 5.32 Å². The molecular formula is C18H18N4OS. The van der Waals surface area contributed by atoms with E-state index < -0.39 is 0 Å². The normalized spacial score (nSPS) is 10.5. The number of pyridine rings is 1. The van der Waals surface area contributed by atoms with Crippen LogP contribution >= 0.6 is 11.8 Å². The Bertz CT molecular complexity index is 799. The standard InChI is InChI=1S/C18H18N4OS/c1-22-11-10-20-18(22)24-13-15-2-4-16(5-3-15)17(23)21-12-14-6-8-19-9-7-14/h2-11H,12-13H2,1H3,(H,21,23). The van der Waals surface area contributed by atoms with Crippen molar-refractivity contribution >= 4 is 17.7 Å². The number of hydrogen-bond donors (Lipinski definition) is 1. The number of imidazole rings is 1. The number of benzene rings is 1. The van der Waals surface area contributed by atoms with Gasteiger partial charge >= 0.3 is 0 Å². The molecule has 0 radical (unpaired) electrons. The van der Waals surface area contributed by atoms with Crippen molar-refractivity contribution in [2.45, 2.75) is 17.5 Å². The second kappa shape index (κ2) is 7.79. The summed E-state index contributed by atoms with van der Waals surface area (Å²) in [4.78, 5) is 20.4. The molecule has 24 heavy (non-hydrogen) atoms. The van der Waals surface area contributed by atoms with Gasteiger partial charge in [0.05, 0.1) is 0 Å². The monoisotopic (exact) mass is 338 g/mol. The number of amides is 1. The summed E-state index contributed by atoms with van der Waals surface area (Å²) in [6.45, 7) is 0.498. The largest absolute Gasteiger partial charge is 0.348 e. The van der Waals surface area contributed by atoms with E-state index in [0.29, 0.717) is 12.1 Å². The Balaban J connectivity index is 1.53. The first-order valence-electron chi connectivity index (χ1n) is 7.58. The minimum atomic E-state index is -0.0740. The predicted octanol–water partition coefficient (Wildman–Crippen LogP) is 3.04. The number of thioether (sulfide) groups is 1. The second-order valence-electron chi connectivity index (χ2n) is 5.34. The van der Waals surface area contributed by atoms with E-state index in [1.54, 1.807) is 30.4 Å². The Kier molecular flexibility index (Phi) is 5.28. The van der Waals surface area contributed by atoms with Gasteiger partial charge in [0.2, 0.25) is 0 Å². The first kappa shape index (κ1) is 16.3. The lowest BCUT2D eigenvalue weighted by molar-refractivity contribution is 0.0951. The van der Waals surface area contributed by atoms with Crippen molar-refractivity contribution in [2.75, 3.05) is 0 Å². The van der Waals surface area contributed by atoms with Gasteiger partial charge in [-0.15, -0.1) is 0 Å². The molecule has 1 amide bonds. The fraction of sp³-hybridized carbons (Fsp3) is 0.167. The highest BCUT2D eigenvalue weighted by Crippen LogP contribution is 2.20. The molecule has 0 saturated heterocycles. The molecule has 1 aromatic carbocycles. The third-order valence-corrected chi connectivity index (χ3v) is 4.69. The van der Waals surface area contributed by atoms with E-state index >= 15 is 0 Å². The lowest BCUT2D eigenvalue weighted by Crippen LogP contribution is -2.22. The zero-order valence-electron chi connectivity index (χ0n) is 13.3. The Morgan fingerprint density at radius 3 is 2.50 bits per heavy atom. The Hall–Kier alpha value is -2.60. The zero-order valence-corrected chi connectivity index (χ0v) is 14.2. The van der Waals surface area contributed by atoms with E-state index in [9.17, 15) is 4.79 Å². The van der Waals surface area contributed by atoms with Crippen LogP contribution in [0.5, 0.6) is 0 Å². The van der Waals surface area contributed by atoms with Crippen molar-refractivity contribution < 1.29 is 4.79 Å². The highest BCUT2D eigenvalue weighted by atomic mass is 32.2. The van der Waals surface area contributed by atoms with E-state index in [2.05, 4.69) is 15.3 Å². The van der Waals surface area contributed by atoms with Crippen molar-refractivity contribution in [1.29, 1.82) is 0 Å². The number of aryl methyl sites for hydroxylation is 1. The predicted molar refractivity (Wildman–Crippen MR) is 94.6 cm³/mol. The highest BCUT2D eigenvalue weighted by Gasteiger charge is 2.06. The summed E-state index contributed by atoms with van der Waals surface area (Å²) in [5, 5.41) is 3.89. The molecule has 3 rings (SSSR count). The number of nitrogens with zero attached hydrogens (tertiary/aromatic N) is 3. The van der Waals surface area contributed by atoms with Crippen LogP contribution in [0.1, 0.15) is 21.5 Å².